The molecule has 3 nitrogen and oxygen atoms in total. The van der Waals surface area contributed by atoms with Gasteiger partial charge in [0.15, 0.2) is 12.6 Å². The second kappa shape index (κ2) is 3.17. The van der Waals surface area contributed by atoms with Crippen molar-refractivity contribution < 1.29 is 14.7 Å². The fraction of sp³-hybridized carbons (Fsp3) is 0.111. The lowest BCUT2D eigenvalue weighted by Crippen LogP contribution is -1.94. The molecule has 0 aromatic heterocycles. The zero-order valence-corrected chi connectivity index (χ0v) is 6.57. The average molecular weight is 164 g/mol. The molecular formula is C9H8O3. The molecule has 12 heavy (non-hydrogen) atoms. The zero-order chi connectivity index (χ0) is 9.14. The van der Waals surface area contributed by atoms with E-state index in [1.807, 2.05) is 0 Å². The van der Waals surface area contributed by atoms with Gasteiger partial charge in [0.2, 0.25) is 0 Å². The van der Waals surface area contributed by atoms with Gasteiger partial charge in [0.05, 0.1) is 0 Å². The number of rotatable bonds is 2. The third-order valence-corrected chi connectivity index (χ3v) is 1.76. The van der Waals surface area contributed by atoms with Gasteiger partial charge in [-0.3, -0.25) is 9.59 Å². The molecule has 1 aromatic rings. The summed E-state index contributed by atoms with van der Waals surface area (Å²) in [6, 6.07) is 2.81. The third-order valence-electron chi connectivity index (χ3n) is 1.76. The van der Waals surface area contributed by atoms with Gasteiger partial charge >= 0.3 is 0 Å². The summed E-state index contributed by atoms with van der Waals surface area (Å²) in [6.45, 7) is 1.59. The van der Waals surface area contributed by atoms with Crippen LogP contribution in [0.2, 0.25) is 0 Å². The molecule has 0 fully saturated rings. The van der Waals surface area contributed by atoms with Crippen molar-refractivity contribution in [3.8, 4) is 5.75 Å². The number of phenolic OH excluding ortho intramolecular Hbond substituents is 1. The van der Waals surface area contributed by atoms with Crippen molar-refractivity contribution in [2.75, 3.05) is 0 Å². The summed E-state index contributed by atoms with van der Waals surface area (Å²) in [5.74, 6) is 0.0303. The predicted molar refractivity (Wildman–Crippen MR) is 43.6 cm³/mol. The molecule has 1 aromatic carbocycles. The molecule has 0 bridgehead atoms. The second-order valence-corrected chi connectivity index (χ2v) is 2.45. The van der Waals surface area contributed by atoms with Crippen molar-refractivity contribution in [3.05, 3.63) is 28.8 Å². The largest absolute Gasteiger partial charge is 0.508 e. The Labute approximate surface area is 69.6 Å². The summed E-state index contributed by atoms with van der Waals surface area (Å²) >= 11 is 0. The molecule has 0 saturated carbocycles. The fourth-order valence-corrected chi connectivity index (χ4v) is 0.997. The SMILES string of the molecule is Cc1c(O)ccc(C=O)c1C=O. The molecule has 0 unspecified atom stereocenters. The molecule has 3 heteroatoms. The van der Waals surface area contributed by atoms with E-state index in [1.165, 1.54) is 12.1 Å². The molecule has 0 amide bonds. The smallest absolute Gasteiger partial charge is 0.151 e. The number of aromatic hydroxyl groups is 1. The first-order valence-corrected chi connectivity index (χ1v) is 3.43. The topological polar surface area (TPSA) is 54.4 Å². The predicted octanol–water partition coefficient (Wildman–Crippen LogP) is 1.33. The standard InChI is InChI=1S/C9H8O3/c1-6-8(5-11)7(4-10)2-3-9(6)12/h2-5,12H,1H3. The summed E-state index contributed by atoms with van der Waals surface area (Å²) in [5, 5.41) is 9.18. The lowest BCUT2D eigenvalue weighted by molar-refractivity contribution is 0.109. The molecule has 1 N–H and O–H groups in total. The summed E-state index contributed by atoms with van der Waals surface area (Å²) < 4.78 is 0. The Balaban J connectivity index is 3.45. The Kier molecular flexibility index (Phi) is 2.24. The highest BCUT2D eigenvalue weighted by atomic mass is 16.3. The number of phenols is 1. The van der Waals surface area contributed by atoms with Crippen LogP contribution in [0.3, 0.4) is 0 Å². The number of hydrogen-bond acceptors (Lipinski definition) is 3. The van der Waals surface area contributed by atoms with Crippen LogP contribution in [0.4, 0.5) is 0 Å². The second-order valence-electron chi connectivity index (χ2n) is 2.45. The van der Waals surface area contributed by atoms with Crippen LogP contribution in [0.15, 0.2) is 12.1 Å². The number of aldehydes is 2. The Morgan fingerprint density at radius 1 is 1.25 bits per heavy atom. The van der Waals surface area contributed by atoms with E-state index in [-0.39, 0.29) is 11.3 Å². The van der Waals surface area contributed by atoms with Crippen LogP contribution in [0.1, 0.15) is 26.3 Å². The van der Waals surface area contributed by atoms with E-state index >= 15 is 0 Å². The minimum atomic E-state index is 0.0303. The van der Waals surface area contributed by atoms with Crippen LogP contribution < -0.4 is 0 Å². The van der Waals surface area contributed by atoms with E-state index in [0.717, 1.165) is 0 Å². The first-order valence-electron chi connectivity index (χ1n) is 3.43. The third kappa shape index (κ3) is 1.21. The van der Waals surface area contributed by atoms with Crippen LogP contribution in [0.5, 0.6) is 5.75 Å². The Bertz CT molecular complexity index is 329. The van der Waals surface area contributed by atoms with Gasteiger partial charge in [-0.15, -0.1) is 0 Å². The van der Waals surface area contributed by atoms with Crippen LogP contribution in [-0.2, 0) is 0 Å². The zero-order valence-electron chi connectivity index (χ0n) is 6.57. The van der Waals surface area contributed by atoms with E-state index in [9.17, 15) is 14.7 Å². The van der Waals surface area contributed by atoms with Crippen molar-refractivity contribution >= 4 is 12.6 Å². The lowest BCUT2D eigenvalue weighted by Gasteiger charge is -2.03. The molecule has 1 rings (SSSR count). The van der Waals surface area contributed by atoms with Crippen molar-refractivity contribution in [2.24, 2.45) is 0 Å². The van der Waals surface area contributed by atoms with Crippen LogP contribution in [-0.4, -0.2) is 17.7 Å². The van der Waals surface area contributed by atoms with E-state index in [0.29, 0.717) is 23.7 Å². The van der Waals surface area contributed by atoms with Crippen molar-refractivity contribution in [3.63, 3.8) is 0 Å². The van der Waals surface area contributed by atoms with Gasteiger partial charge in [0.1, 0.15) is 5.75 Å². The normalized spacial score (nSPS) is 9.42. The van der Waals surface area contributed by atoms with Crippen LogP contribution in [0.25, 0.3) is 0 Å². The summed E-state index contributed by atoms with van der Waals surface area (Å²) in [5.41, 5.74) is 1.000. The minimum absolute atomic E-state index is 0.0303. The Hall–Kier alpha value is -1.64. The van der Waals surface area contributed by atoms with Gasteiger partial charge in [-0.25, -0.2) is 0 Å². The lowest BCUT2D eigenvalue weighted by atomic mass is 10.0. The fourth-order valence-electron chi connectivity index (χ4n) is 0.997. The maximum atomic E-state index is 10.5. The molecule has 0 atom stereocenters. The molecule has 0 saturated heterocycles. The van der Waals surface area contributed by atoms with Gasteiger partial charge in [-0.1, -0.05) is 0 Å². The molecule has 62 valence electrons. The molecular weight excluding hydrogens is 156 g/mol. The van der Waals surface area contributed by atoms with Gasteiger partial charge < -0.3 is 5.11 Å². The number of hydrogen-bond donors (Lipinski definition) is 1. The first kappa shape index (κ1) is 8.46. The molecule has 0 radical (unpaired) electrons. The van der Waals surface area contributed by atoms with Gasteiger partial charge in [-0.2, -0.15) is 0 Å². The quantitative estimate of drug-likeness (QED) is 0.671. The maximum absolute atomic E-state index is 10.5. The van der Waals surface area contributed by atoms with Gasteiger partial charge in [-0.05, 0) is 19.1 Å². The van der Waals surface area contributed by atoms with E-state index in [2.05, 4.69) is 0 Å². The highest BCUT2D eigenvalue weighted by molar-refractivity contribution is 5.92. The molecule has 0 spiro atoms. The molecule has 0 aliphatic heterocycles. The summed E-state index contributed by atoms with van der Waals surface area (Å²) in [7, 11) is 0. The Morgan fingerprint density at radius 2 is 1.92 bits per heavy atom. The van der Waals surface area contributed by atoms with Crippen molar-refractivity contribution in [1.29, 1.82) is 0 Å². The van der Waals surface area contributed by atoms with E-state index in [1.54, 1.807) is 6.92 Å². The number of carbonyl (C=O) groups is 2. The summed E-state index contributed by atoms with van der Waals surface area (Å²) in [4.78, 5) is 20.9. The first-order chi connectivity index (χ1) is 5.70. The van der Waals surface area contributed by atoms with Gasteiger partial charge in [0.25, 0.3) is 0 Å². The maximum Gasteiger partial charge on any atom is 0.151 e. The molecule has 0 aliphatic rings. The van der Waals surface area contributed by atoms with Crippen molar-refractivity contribution in [1.82, 2.24) is 0 Å². The monoisotopic (exact) mass is 164 g/mol. The van der Waals surface area contributed by atoms with Crippen LogP contribution in [0, 0.1) is 6.92 Å². The van der Waals surface area contributed by atoms with Crippen LogP contribution >= 0.6 is 0 Å². The number of carbonyl (C=O) groups excluding carboxylic acids is 2. The van der Waals surface area contributed by atoms with Gasteiger partial charge in [0, 0.05) is 16.7 Å². The highest BCUT2D eigenvalue weighted by Crippen LogP contribution is 2.20. The van der Waals surface area contributed by atoms with E-state index < -0.39 is 0 Å². The Morgan fingerprint density at radius 3 is 2.42 bits per heavy atom. The highest BCUT2D eigenvalue weighted by Gasteiger charge is 2.06. The van der Waals surface area contributed by atoms with Crippen molar-refractivity contribution in [2.45, 2.75) is 6.92 Å². The molecule has 0 aliphatic carbocycles. The summed E-state index contributed by atoms with van der Waals surface area (Å²) in [6.07, 6.45) is 1.16. The minimum Gasteiger partial charge on any atom is -0.508 e. The average Bonchev–Trinajstić information content (AvgIpc) is 2.09. The number of benzene rings is 1. The van der Waals surface area contributed by atoms with E-state index in [4.69, 9.17) is 0 Å². The molecule has 0 heterocycles.